The third kappa shape index (κ3) is 1.84. The summed E-state index contributed by atoms with van der Waals surface area (Å²) < 4.78 is 0. The van der Waals surface area contributed by atoms with E-state index in [0.717, 1.165) is 11.1 Å². The Hall–Kier alpha value is -0.860. The van der Waals surface area contributed by atoms with Crippen LogP contribution in [0.25, 0.3) is 0 Å². The smallest absolute Gasteiger partial charge is 0.105 e. The van der Waals surface area contributed by atoms with Gasteiger partial charge in [0.2, 0.25) is 0 Å². The molecule has 0 saturated heterocycles. The first-order valence-electron chi connectivity index (χ1n) is 4.04. The molecule has 1 aromatic rings. The largest absolute Gasteiger partial charge is 0.390 e. The van der Waals surface area contributed by atoms with Gasteiger partial charge in [-0.3, -0.25) is 0 Å². The van der Waals surface area contributed by atoms with Crippen molar-refractivity contribution in [3.63, 3.8) is 0 Å². The Kier molecular flexibility index (Phi) is 2.84. The first-order chi connectivity index (χ1) is 5.63. The first-order valence-corrected chi connectivity index (χ1v) is 4.04. The van der Waals surface area contributed by atoms with Crippen LogP contribution in [0.3, 0.4) is 0 Å². The second-order valence-electron chi connectivity index (χ2n) is 3.04. The molecule has 2 atom stereocenters. The SMILES string of the molecule is Cc1ccccc1[C@H](O)[C@H](C)O. The molecule has 1 rings (SSSR count). The van der Waals surface area contributed by atoms with Crippen LogP contribution in [0, 0.1) is 6.92 Å². The minimum Gasteiger partial charge on any atom is -0.390 e. The zero-order valence-electron chi connectivity index (χ0n) is 7.36. The fourth-order valence-corrected chi connectivity index (χ4v) is 1.18. The lowest BCUT2D eigenvalue weighted by Gasteiger charge is -2.15. The van der Waals surface area contributed by atoms with Crippen molar-refractivity contribution in [2.75, 3.05) is 0 Å². The maximum atomic E-state index is 9.53. The molecule has 0 aliphatic rings. The molecule has 0 heterocycles. The van der Waals surface area contributed by atoms with Crippen LogP contribution in [0.1, 0.15) is 24.2 Å². The Labute approximate surface area is 72.5 Å². The monoisotopic (exact) mass is 166 g/mol. The minimum absolute atomic E-state index is 0.717. The van der Waals surface area contributed by atoms with Gasteiger partial charge in [-0.1, -0.05) is 24.3 Å². The van der Waals surface area contributed by atoms with E-state index in [1.807, 2.05) is 31.2 Å². The molecule has 0 fully saturated rings. The second kappa shape index (κ2) is 3.70. The van der Waals surface area contributed by atoms with E-state index in [9.17, 15) is 5.11 Å². The zero-order chi connectivity index (χ0) is 9.14. The molecule has 66 valence electrons. The first kappa shape index (κ1) is 9.23. The van der Waals surface area contributed by atoms with Gasteiger partial charge in [-0.25, -0.2) is 0 Å². The molecule has 2 heteroatoms. The van der Waals surface area contributed by atoms with Crippen molar-refractivity contribution >= 4 is 0 Å². The molecule has 0 aliphatic carbocycles. The molecular formula is C10H14O2. The molecule has 0 spiro atoms. The average molecular weight is 166 g/mol. The molecule has 0 saturated carbocycles. The van der Waals surface area contributed by atoms with Gasteiger partial charge in [0.15, 0.2) is 0 Å². The van der Waals surface area contributed by atoms with Crippen LogP contribution in [0.4, 0.5) is 0 Å². The maximum Gasteiger partial charge on any atom is 0.105 e. The van der Waals surface area contributed by atoms with Gasteiger partial charge in [-0.2, -0.15) is 0 Å². The van der Waals surface area contributed by atoms with Gasteiger partial charge in [-0.15, -0.1) is 0 Å². The Morgan fingerprint density at radius 1 is 1.17 bits per heavy atom. The van der Waals surface area contributed by atoms with Crippen LogP contribution in [-0.4, -0.2) is 16.3 Å². The third-order valence-corrected chi connectivity index (χ3v) is 1.96. The van der Waals surface area contributed by atoms with E-state index >= 15 is 0 Å². The van der Waals surface area contributed by atoms with Gasteiger partial charge in [0.25, 0.3) is 0 Å². The van der Waals surface area contributed by atoms with Crippen molar-refractivity contribution in [2.45, 2.75) is 26.1 Å². The van der Waals surface area contributed by atoms with Crippen molar-refractivity contribution in [3.05, 3.63) is 35.4 Å². The van der Waals surface area contributed by atoms with Crippen molar-refractivity contribution in [1.82, 2.24) is 0 Å². The van der Waals surface area contributed by atoms with Crippen LogP contribution in [0.2, 0.25) is 0 Å². The van der Waals surface area contributed by atoms with Crippen LogP contribution < -0.4 is 0 Å². The molecular weight excluding hydrogens is 152 g/mol. The number of benzene rings is 1. The summed E-state index contributed by atoms with van der Waals surface area (Å²) in [5.41, 5.74) is 1.80. The number of aryl methyl sites for hydroxylation is 1. The summed E-state index contributed by atoms with van der Waals surface area (Å²) in [4.78, 5) is 0. The van der Waals surface area contributed by atoms with Gasteiger partial charge in [0.1, 0.15) is 6.10 Å². The Morgan fingerprint density at radius 2 is 1.75 bits per heavy atom. The third-order valence-electron chi connectivity index (χ3n) is 1.96. The molecule has 0 aromatic heterocycles. The molecule has 0 radical (unpaired) electrons. The van der Waals surface area contributed by atoms with Gasteiger partial charge in [0, 0.05) is 0 Å². The van der Waals surface area contributed by atoms with E-state index < -0.39 is 12.2 Å². The second-order valence-corrected chi connectivity index (χ2v) is 3.04. The zero-order valence-corrected chi connectivity index (χ0v) is 7.36. The summed E-state index contributed by atoms with van der Waals surface area (Å²) in [6.45, 7) is 3.50. The van der Waals surface area contributed by atoms with E-state index in [0.29, 0.717) is 0 Å². The summed E-state index contributed by atoms with van der Waals surface area (Å²) in [7, 11) is 0. The minimum atomic E-state index is -0.772. The molecule has 0 aliphatic heterocycles. The summed E-state index contributed by atoms with van der Waals surface area (Å²) in [5, 5.41) is 18.7. The molecule has 0 unspecified atom stereocenters. The summed E-state index contributed by atoms with van der Waals surface area (Å²) >= 11 is 0. The highest BCUT2D eigenvalue weighted by atomic mass is 16.3. The Balaban J connectivity index is 2.94. The normalized spacial score (nSPS) is 15.7. The predicted molar refractivity (Wildman–Crippen MR) is 47.8 cm³/mol. The lowest BCUT2D eigenvalue weighted by molar-refractivity contribution is 0.0301. The van der Waals surface area contributed by atoms with Crippen LogP contribution in [-0.2, 0) is 0 Å². The van der Waals surface area contributed by atoms with E-state index in [4.69, 9.17) is 5.11 Å². The van der Waals surface area contributed by atoms with Crippen molar-refractivity contribution in [1.29, 1.82) is 0 Å². The Morgan fingerprint density at radius 3 is 2.25 bits per heavy atom. The summed E-state index contributed by atoms with van der Waals surface area (Å²) in [5.74, 6) is 0. The van der Waals surface area contributed by atoms with Crippen LogP contribution in [0.5, 0.6) is 0 Å². The topological polar surface area (TPSA) is 40.5 Å². The lowest BCUT2D eigenvalue weighted by atomic mass is 10.0. The van der Waals surface area contributed by atoms with Gasteiger partial charge < -0.3 is 10.2 Å². The fourth-order valence-electron chi connectivity index (χ4n) is 1.18. The fraction of sp³-hybridized carbons (Fsp3) is 0.400. The number of rotatable bonds is 2. The molecule has 0 amide bonds. The number of aliphatic hydroxyl groups excluding tert-OH is 2. The average Bonchev–Trinajstić information content (AvgIpc) is 2.04. The maximum absolute atomic E-state index is 9.53. The standard InChI is InChI=1S/C10H14O2/c1-7-5-3-4-6-9(7)10(12)8(2)11/h3-6,8,10-12H,1-2H3/t8-,10+/m0/s1. The van der Waals surface area contributed by atoms with E-state index in [-0.39, 0.29) is 0 Å². The van der Waals surface area contributed by atoms with E-state index in [2.05, 4.69) is 0 Å². The van der Waals surface area contributed by atoms with Crippen LogP contribution in [0.15, 0.2) is 24.3 Å². The molecule has 1 aromatic carbocycles. The quantitative estimate of drug-likeness (QED) is 0.697. The van der Waals surface area contributed by atoms with Crippen molar-refractivity contribution < 1.29 is 10.2 Å². The van der Waals surface area contributed by atoms with Crippen LogP contribution >= 0.6 is 0 Å². The summed E-state index contributed by atoms with van der Waals surface area (Å²) in [6.07, 6.45) is -1.49. The van der Waals surface area contributed by atoms with E-state index in [1.165, 1.54) is 0 Å². The van der Waals surface area contributed by atoms with Crippen molar-refractivity contribution in [2.24, 2.45) is 0 Å². The van der Waals surface area contributed by atoms with Gasteiger partial charge in [-0.05, 0) is 25.0 Å². The summed E-state index contributed by atoms with van der Waals surface area (Å²) in [6, 6.07) is 7.51. The molecule has 0 bridgehead atoms. The highest BCUT2D eigenvalue weighted by molar-refractivity contribution is 5.28. The van der Waals surface area contributed by atoms with Crippen molar-refractivity contribution in [3.8, 4) is 0 Å². The van der Waals surface area contributed by atoms with Gasteiger partial charge in [0.05, 0.1) is 6.10 Å². The van der Waals surface area contributed by atoms with Gasteiger partial charge >= 0.3 is 0 Å². The highest BCUT2D eigenvalue weighted by Gasteiger charge is 2.14. The number of aliphatic hydroxyl groups is 2. The number of hydrogen-bond donors (Lipinski definition) is 2. The molecule has 2 nitrogen and oxygen atoms in total. The number of hydrogen-bond acceptors (Lipinski definition) is 2. The predicted octanol–water partition coefficient (Wildman–Crippen LogP) is 1.41. The highest BCUT2D eigenvalue weighted by Crippen LogP contribution is 2.19. The lowest BCUT2D eigenvalue weighted by Crippen LogP contribution is -2.14. The molecule has 2 N–H and O–H groups in total. The molecule has 12 heavy (non-hydrogen) atoms. The Bertz CT molecular complexity index is 256. The van der Waals surface area contributed by atoms with E-state index in [1.54, 1.807) is 6.92 Å².